The fourth-order valence-corrected chi connectivity index (χ4v) is 3.44. The topological polar surface area (TPSA) is 111 Å². The average molecular weight is 409 g/mol. The lowest BCUT2D eigenvalue weighted by Crippen LogP contribution is -2.38. The maximum atomic E-state index is 12.3. The first kappa shape index (κ1) is 21.4. The van der Waals surface area contributed by atoms with Crippen LogP contribution in [-0.2, 0) is 4.79 Å². The molecule has 0 radical (unpaired) electrons. The third-order valence-electron chi connectivity index (χ3n) is 5.10. The summed E-state index contributed by atoms with van der Waals surface area (Å²) in [5.74, 6) is 0.362. The van der Waals surface area contributed by atoms with Gasteiger partial charge in [0.05, 0.1) is 0 Å². The smallest absolute Gasteiger partial charge is 0.251 e. The van der Waals surface area contributed by atoms with E-state index < -0.39 is 5.91 Å². The summed E-state index contributed by atoms with van der Waals surface area (Å²) in [5, 5.41) is 5.81. The number of carbonyl (C=O) groups is 3. The van der Waals surface area contributed by atoms with Crippen molar-refractivity contribution in [1.82, 2.24) is 10.6 Å². The molecule has 4 N–H and O–H groups in total. The Kier molecular flexibility index (Phi) is 7.43. The van der Waals surface area contributed by atoms with Crippen LogP contribution in [-0.4, -0.2) is 30.3 Å². The molecule has 0 unspecified atom stereocenters. The van der Waals surface area contributed by atoms with Gasteiger partial charge in [-0.25, -0.2) is 0 Å². The van der Waals surface area contributed by atoms with E-state index in [4.69, 9.17) is 10.5 Å². The highest BCUT2D eigenvalue weighted by atomic mass is 16.5. The van der Waals surface area contributed by atoms with Gasteiger partial charge < -0.3 is 21.1 Å². The minimum absolute atomic E-state index is 0.0201. The molecule has 0 heterocycles. The Bertz CT molecular complexity index is 872. The zero-order valence-corrected chi connectivity index (χ0v) is 16.9. The SMILES string of the molecule is NC(=O)c1ccc(Oc2ccc(C(=O)NCCC(=O)NC3CCCCC3)cc2)cc1. The molecule has 3 rings (SSSR count). The fraction of sp³-hybridized carbons (Fsp3) is 0.348. The molecule has 0 spiro atoms. The molecule has 7 nitrogen and oxygen atoms in total. The first-order valence-corrected chi connectivity index (χ1v) is 10.3. The highest BCUT2D eigenvalue weighted by molar-refractivity contribution is 5.94. The molecule has 1 aliphatic rings. The molecule has 0 bridgehead atoms. The lowest BCUT2D eigenvalue weighted by molar-refractivity contribution is -0.121. The van der Waals surface area contributed by atoms with E-state index >= 15 is 0 Å². The number of nitrogens with two attached hydrogens (primary N) is 1. The standard InChI is InChI=1S/C23H27N3O4/c24-22(28)16-6-10-19(11-7-16)30-20-12-8-17(9-13-20)23(29)25-15-14-21(27)26-18-4-2-1-3-5-18/h6-13,18H,1-5,14-15H2,(H2,24,28)(H,25,29)(H,26,27). The Balaban J connectivity index is 1.43. The second-order valence-electron chi connectivity index (χ2n) is 7.42. The summed E-state index contributed by atoms with van der Waals surface area (Å²) in [7, 11) is 0. The number of hydrogen-bond acceptors (Lipinski definition) is 4. The van der Waals surface area contributed by atoms with E-state index in [9.17, 15) is 14.4 Å². The van der Waals surface area contributed by atoms with Crippen molar-refractivity contribution in [1.29, 1.82) is 0 Å². The van der Waals surface area contributed by atoms with Crippen LogP contribution in [0.2, 0.25) is 0 Å². The Hall–Kier alpha value is -3.35. The van der Waals surface area contributed by atoms with E-state index in [1.54, 1.807) is 48.5 Å². The zero-order chi connectivity index (χ0) is 21.3. The van der Waals surface area contributed by atoms with Crippen LogP contribution < -0.4 is 21.1 Å². The summed E-state index contributed by atoms with van der Waals surface area (Å²) in [4.78, 5) is 35.4. The maximum absolute atomic E-state index is 12.3. The molecule has 1 saturated carbocycles. The lowest BCUT2D eigenvalue weighted by Gasteiger charge is -2.22. The van der Waals surface area contributed by atoms with Crippen molar-refractivity contribution in [3.8, 4) is 11.5 Å². The van der Waals surface area contributed by atoms with Crippen molar-refractivity contribution in [2.45, 2.75) is 44.6 Å². The Morgan fingerprint density at radius 3 is 2.00 bits per heavy atom. The molecular weight excluding hydrogens is 382 g/mol. The zero-order valence-electron chi connectivity index (χ0n) is 16.9. The van der Waals surface area contributed by atoms with E-state index in [0.29, 0.717) is 29.2 Å². The maximum Gasteiger partial charge on any atom is 0.251 e. The molecule has 158 valence electrons. The van der Waals surface area contributed by atoms with Gasteiger partial charge >= 0.3 is 0 Å². The molecule has 2 aromatic rings. The minimum Gasteiger partial charge on any atom is -0.457 e. The van der Waals surface area contributed by atoms with Crippen LogP contribution >= 0.6 is 0 Å². The van der Waals surface area contributed by atoms with Crippen molar-refractivity contribution in [3.63, 3.8) is 0 Å². The van der Waals surface area contributed by atoms with Crippen LogP contribution in [0.1, 0.15) is 59.2 Å². The van der Waals surface area contributed by atoms with E-state index in [-0.39, 0.29) is 24.3 Å². The van der Waals surface area contributed by atoms with Gasteiger partial charge in [0.1, 0.15) is 11.5 Å². The normalized spacial score (nSPS) is 14.0. The van der Waals surface area contributed by atoms with E-state index in [1.807, 2.05) is 0 Å². The van der Waals surface area contributed by atoms with E-state index in [2.05, 4.69) is 10.6 Å². The molecule has 30 heavy (non-hydrogen) atoms. The monoisotopic (exact) mass is 409 g/mol. The summed E-state index contributed by atoms with van der Waals surface area (Å²) in [6.07, 6.45) is 5.93. The summed E-state index contributed by atoms with van der Waals surface area (Å²) in [6, 6.07) is 13.4. The van der Waals surface area contributed by atoms with Crippen LogP contribution in [0.4, 0.5) is 0 Å². The number of benzene rings is 2. The Labute approximate surface area is 176 Å². The second-order valence-corrected chi connectivity index (χ2v) is 7.42. The number of rotatable bonds is 8. The summed E-state index contributed by atoms with van der Waals surface area (Å²) >= 11 is 0. The molecule has 7 heteroatoms. The number of hydrogen-bond donors (Lipinski definition) is 3. The van der Waals surface area contributed by atoms with E-state index in [1.165, 1.54) is 19.3 Å². The molecule has 0 aliphatic heterocycles. The number of nitrogens with one attached hydrogen (secondary N) is 2. The molecule has 3 amide bonds. The van der Waals surface area contributed by atoms with Crippen LogP contribution in [0.5, 0.6) is 11.5 Å². The molecular formula is C23H27N3O4. The van der Waals surface area contributed by atoms with Gasteiger partial charge in [0.2, 0.25) is 11.8 Å². The van der Waals surface area contributed by atoms with Crippen molar-refractivity contribution in [2.75, 3.05) is 6.54 Å². The van der Waals surface area contributed by atoms with Gasteiger partial charge in [-0.3, -0.25) is 14.4 Å². The first-order valence-electron chi connectivity index (χ1n) is 10.3. The van der Waals surface area contributed by atoms with Gasteiger partial charge in [0, 0.05) is 30.1 Å². The van der Waals surface area contributed by atoms with Crippen LogP contribution in [0, 0.1) is 0 Å². The molecule has 2 aromatic carbocycles. The molecule has 1 fully saturated rings. The largest absolute Gasteiger partial charge is 0.457 e. The third-order valence-corrected chi connectivity index (χ3v) is 5.10. The van der Waals surface area contributed by atoms with Crippen molar-refractivity contribution >= 4 is 17.7 Å². The van der Waals surface area contributed by atoms with E-state index in [0.717, 1.165) is 12.8 Å². The number of primary amides is 1. The second kappa shape index (κ2) is 10.4. The Morgan fingerprint density at radius 1 is 0.867 bits per heavy atom. The highest BCUT2D eigenvalue weighted by Gasteiger charge is 2.15. The van der Waals surface area contributed by atoms with Crippen LogP contribution in [0.15, 0.2) is 48.5 Å². The highest BCUT2D eigenvalue weighted by Crippen LogP contribution is 2.22. The predicted molar refractivity (Wildman–Crippen MR) is 113 cm³/mol. The molecule has 1 aliphatic carbocycles. The minimum atomic E-state index is -0.497. The number of amides is 3. The van der Waals surface area contributed by atoms with Gasteiger partial charge in [-0.1, -0.05) is 19.3 Å². The third kappa shape index (κ3) is 6.34. The molecule has 0 atom stereocenters. The molecule has 0 aromatic heterocycles. The summed E-state index contributed by atoms with van der Waals surface area (Å²) in [6.45, 7) is 0.294. The fourth-order valence-electron chi connectivity index (χ4n) is 3.44. The van der Waals surface area contributed by atoms with Gasteiger partial charge in [-0.15, -0.1) is 0 Å². The van der Waals surface area contributed by atoms with Crippen LogP contribution in [0.25, 0.3) is 0 Å². The Morgan fingerprint density at radius 2 is 1.43 bits per heavy atom. The van der Waals surface area contributed by atoms with Gasteiger partial charge in [0.25, 0.3) is 5.91 Å². The summed E-state index contributed by atoms with van der Waals surface area (Å²) in [5.41, 5.74) is 6.10. The van der Waals surface area contributed by atoms with Gasteiger partial charge in [0.15, 0.2) is 0 Å². The average Bonchev–Trinajstić information content (AvgIpc) is 2.75. The summed E-state index contributed by atoms with van der Waals surface area (Å²) < 4.78 is 5.70. The van der Waals surface area contributed by atoms with Gasteiger partial charge in [-0.05, 0) is 61.4 Å². The number of ether oxygens (including phenoxy) is 1. The van der Waals surface area contributed by atoms with Crippen molar-refractivity contribution in [3.05, 3.63) is 59.7 Å². The van der Waals surface area contributed by atoms with Crippen molar-refractivity contribution < 1.29 is 19.1 Å². The lowest BCUT2D eigenvalue weighted by atomic mass is 9.95. The molecule has 0 saturated heterocycles. The number of carbonyl (C=O) groups excluding carboxylic acids is 3. The van der Waals surface area contributed by atoms with Gasteiger partial charge in [-0.2, -0.15) is 0 Å². The first-order chi connectivity index (χ1) is 14.5. The predicted octanol–water partition coefficient (Wildman–Crippen LogP) is 3.15. The van der Waals surface area contributed by atoms with Crippen LogP contribution in [0.3, 0.4) is 0 Å². The van der Waals surface area contributed by atoms with Crippen molar-refractivity contribution in [2.24, 2.45) is 5.73 Å². The quantitative estimate of drug-likeness (QED) is 0.622.